The molecule has 8 aromatic carbocycles. The van der Waals surface area contributed by atoms with Crippen molar-refractivity contribution >= 4 is 114 Å². The highest BCUT2D eigenvalue weighted by Crippen LogP contribution is 2.40. The first kappa shape index (κ1) is 73.6. The minimum Gasteiger partial charge on any atom is -0.413 e. The zero-order chi connectivity index (χ0) is 69.5. The molecule has 1 aliphatic rings. The van der Waals surface area contributed by atoms with Crippen LogP contribution in [0.1, 0.15) is 22.3 Å². The van der Waals surface area contributed by atoms with E-state index in [0.717, 1.165) is 87.5 Å². The van der Waals surface area contributed by atoms with Crippen LogP contribution in [0.2, 0.25) is 78.6 Å². The van der Waals surface area contributed by atoms with Gasteiger partial charge < -0.3 is 52.5 Å². The van der Waals surface area contributed by atoms with Crippen LogP contribution in [0.25, 0.3) is 68.8 Å². The minimum atomic E-state index is -4.59. The molecule has 0 bridgehead atoms. The molecule has 1 saturated heterocycles. The highest BCUT2D eigenvalue weighted by atomic mass is 28.6. The molecule has 20 heteroatoms. The van der Waals surface area contributed by atoms with Crippen LogP contribution in [0.15, 0.2) is 219 Å². The molecule has 0 N–H and O–H groups in total. The van der Waals surface area contributed by atoms with Crippen molar-refractivity contribution in [2.75, 3.05) is 56.4 Å². The number of hydrogen-bond acceptors (Lipinski definition) is 12. The van der Waals surface area contributed by atoms with E-state index in [4.69, 9.17) is 32.9 Å². The maximum absolute atomic E-state index is 8.54. The Balaban J connectivity index is 1.35. The van der Waals surface area contributed by atoms with Crippen molar-refractivity contribution < 1.29 is 32.9 Å². The van der Waals surface area contributed by atoms with Crippen LogP contribution in [-0.4, -0.2) is 144 Å². The molecule has 504 valence electrons. The summed E-state index contributed by atoms with van der Waals surface area (Å²) in [5.74, 6) is 0. The highest BCUT2D eigenvalue weighted by molar-refractivity contribution is 7.06. The number of rotatable bonds is 24. The van der Waals surface area contributed by atoms with E-state index in [1.54, 1.807) is 0 Å². The largest absolute Gasteiger partial charge is 0.512 e. The van der Waals surface area contributed by atoms with Gasteiger partial charge in [-0.1, -0.05) is 194 Å². The molecule has 0 radical (unpaired) electrons. The molecular formula is C76H100N4O8Si8. The first-order valence-corrected chi connectivity index (χ1v) is 53.5. The van der Waals surface area contributed by atoms with Crippen LogP contribution in [0.4, 0.5) is 0 Å². The van der Waals surface area contributed by atoms with Crippen LogP contribution in [0.5, 0.6) is 0 Å². The van der Waals surface area contributed by atoms with Gasteiger partial charge in [-0.3, -0.25) is 0 Å². The Kier molecular flexibility index (Phi) is 23.2. The Labute approximate surface area is 582 Å². The third kappa shape index (κ3) is 19.8. The molecular weight excluding hydrogens is 1320 g/mol. The summed E-state index contributed by atoms with van der Waals surface area (Å²) in [5, 5.41) is 2.91. The Morgan fingerprint density at radius 1 is 0.229 bits per heavy atom. The normalized spacial score (nSPS) is 19.9. The van der Waals surface area contributed by atoms with Gasteiger partial charge in [0.15, 0.2) is 33.3 Å². The van der Waals surface area contributed by atoms with E-state index >= 15 is 0 Å². The Morgan fingerprint density at radius 2 is 0.365 bits per heavy atom. The molecule has 1 fully saturated rings. The van der Waals surface area contributed by atoms with Gasteiger partial charge in [0.25, 0.3) is 0 Å². The van der Waals surface area contributed by atoms with Crippen molar-refractivity contribution in [2.45, 2.75) is 78.6 Å². The summed E-state index contributed by atoms with van der Waals surface area (Å²) >= 11 is 0. The Bertz CT molecular complexity index is 3440. The molecule has 96 heavy (non-hydrogen) atoms. The van der Waals surface area contributed by atoms with Crippen molar-refractivity contribution in [1.29, 1.82) is 0 Å². The van der Waals surface area contributed by atoms with Gasteiger partial charge in [-0.2, -0.15) is 0 Å². The molecule has 9 rings (SSSR count). The molecule has 0 amide bonds. The van der Waals surface area contributed by atoms with Gasteiger partial charge in [0.2, 0.25) is 0 Å². The summed E-state index contributed by atoms with van der Waals surface area (Å²) in [6, 6.07) is 68.7. The lowest BCUT2D eigenvalue weighted by Gasteiger charge is -2.53. The quantitative estimate of drug-likeness (QED) is 0.0540. The second-order valence-electron chi connectivity index (χ2n) is 29.4. The fourth-order valence-electron chi connectivity index (χ4n) is 10.8. The SMILES string of the molecule is CN(C)/C=C/c1ccc(-c2ccc([Si]3(O[Si](C)(C)C)O[Si](O[Si](C)(C)C)(c4ccc(-c5ccc(/C=C/N(C)C)cc5)cc4)O[Si](O[Si](C)(C)C)(c4ccc(-c5ccc(/C=C/N(C)C)cc5)cc4)O[Si](O[Si](C)(C)C)(c4ccc(-c5ccc(/C=C/N(C)C)cc5)cc4)O3)cc2)cc1. The molecule has 1 aliphatic heterocycles. The molecule has 1 heterocycles. The van der Waals surface area contributed by atoms with Gasteiger partial charge in [-0.05, 0) is 194 Å². The smallest absolute Gasteiger partial charge is 0.413 e. The van der Waals surface area contributed by atoms with Crippen molar-refractivity contribution in [3.8, 4) is 44.5 Å². The van der Waals surface area contributed by atoms with E-state index in [1.807, 2.05) is 76.0 Å². The highest BCUT2D eigenvalue weighted by Gasteiger charge is 2.72. The topological polar surface area (TPSA) is 86.8 Å². The van der Waals surface area contributed by atoms with Crippen LogP contribution in [0, 0.1) is 0 Å². The van der Waals surface area contributed by atoms with E-state index in [0.29, 0.717) is 0 Å². The zero-order valence-corrected chi connectivity index (χ0v) is 68.1. The second-order valence-corrected chi connectivity index (χ2v) is 59.6. The van der Waals surface area contributed by atoms with Crippen molar-refractivity contribution in [2.24, 2.45) is 0 Å². The summed E-state index contributed by atoms with van der Waals surface area (Å²) in [7, 11) is -13.4. The van der Waals surface area contributed by atoms with Crippen LogP contribution < -0.4 is 20.7 Å². The van der Waals surface area contributed by atoms with Crippen molar-refractivity contribution in [3.05, 3.63) is 241 Å². The van der Waals surface area contributed by atoms with Gasteiger partial charge in [0.05, 0.1) is 0 Å². The minimum absolute atomic E-state index is 0.728. The molecule has 0 spiro atoms. The first-order valence-electron chi connectivity index (χ1n) is 32.9. The van der Waals surface area contributed by atoms with Gasteiger partial charge in [-0.25, -0.2) is 0 Å². The summed E-state index contributed by atoms with van der Waals surface area (Å²) in [4.78, 5) is 8.15. The maximum atomic E-state index is 8.54. The van der Waals surface area contributed by atoms with Crippen molar-refractivity contribution in [1.82, 2.24) is 19.6 Å². The molecule has 0 unspecified atom stereocenters. The van der Waals surface area contributed by atoms with Gasteiger partial charge >= 0.3 is 35.2 Å². The van der Waals surface area contributed by atoms with Gasteiger partial charge in [0.1, 0.15) is 0 Å². The molecule has 0 atom stereocenters. The van der Waals surface area contributed by atoms with E-state index in [9.17, 15) is 0 Å². The number of nitrogens with zero attached hydrogens (tertiary/aromatic N) is 4. The van der Waals surface area contributed by atoms with Gasteiger partial charge in [-0.15, -0.1) is 0 Å². The third-order valence-corrected chi connectivity index (χ3v) is 41.9. The lowest BCUT2D eigenvalue weighted by Crippen LogP contribution is -2.84. The lowest BCUT2D eigenvalue weighted by atomic mass is 10.0. The van der Waals surface area contributed by atoms with Crippen LogP contribution >= 0.6 is 0 Å². The maximum Gasteiger partial charge on any atom is 0.512 e. The third-order valence-electron chi connectivity index (χ3n) is 15.0. The fraction of sp³-hybridized carbons (Fsp3) is 0.263. The summed E-state index contributed by atoms with van der Waals surface area (Å²) in [6.45, 7) is 26.3. The predicted molar refractivity (Wildman–Crippen MR) is 422 cm³/mol. The molecule has 12 nitrogen and oxygen atoms in total. The fourth-order valence-corrected chi connectivity index (χ4v) is 43.8. The standard InChI is InChI=1S/C76H100N4O8Si8/c1-77(2)57-53-61-21-29-65(30-22-61)69-37-45-73(46-38-69)93(81-89(9,10)11)85-94(82-90(12,13)14,74-47-39-70(40-48-74)66-31-23-62(24-32-66)54-58-78(3)4)87-96(84-92(18,19)20,76-51-43-72(44-52-76)68-35-27-64(28-36-68)56-60-80(7)8)88-95(86-93,83-91(15,16)17)75-49-41-71(42-50-75)67-33-25-63(26-34-67)55-59-79(5)6/h21-60H,1-20H3/b57-53+,58-54+,59-55+,60-56+. The zero-order valence-electron chi connectivity index (χ0n) is 60.1. The van der Waals surface area contributed by atoms with Crippen LogP contribution in [-0.2, 0) is 32.9 Å². The predicted octanol–water partition coefficient (Wildman–Crippen LogP) is 15.7. The van der Waals surface area contributed by atoms with Crippen molar-refractivity contribution in [3.63, 3.8) is 0 Å². The van der Waals surface area contributed by atoms with E-state index < -0.39 is 68.5 Å². The van der Waals surface area contributed by atoms with E-state index in [2.05, 4.69) is 322 Å². The Hall–Kier alpha value is -6.66. The average Bonchev–Trinajstić information content (AvgIpc) is 0.707. The second kappa shape index (κ2) is 30.2. The van der Waals surface area contributed by atoms with E-state index in [1.165, 1.54) is 0 Å². The Morgan fingerprint density at radius 3 is 0.490 bits per heavy atom. The summed E-state index contributed by atoms with van der Waals surface area (Å²) in [5.41, 5.74) is 12.7. The first-order chi connectivity index (χ1) is 45.1. The summed E-state index contributed by atoms with van der Waals surface area (Å²) in [6.07, 6.45) is 16.7. The number of hydrogen-bond donors (Lipinski definition) is 0. The summed E-state index contributed by atoms with van der Waals surface area (Å²) < 4.78 is 66.1. The monoisotopic (exact) mass is 1420 g/mol. The molecule has 0 aliphatic carbocycles. The molecule has 0 aromatic heterocycles. The molecule has 8 aromatic rings. The number of benzene rings is 8. The molecule has 0 saturated carbocycles. The van der Waals surface area contributed by atoms with Gasteiger partial charge in [0, 0.05) is 77.1 Å². The van der Waals surface area contributed by atoms with E-state index in [-0.39, 0.29) is 0 Å². The average molecular weight is 1420 g/mol. The van der Waals surface area contributed by atoms with Crippen LogP contribution in [0.3, 0.4) is 0 Å². The lowest BCUT2D eigenvalue weighted by molar-refractivity contribution is 0.104.